The molecule has 172 valence electrons. The molecule has 8 heteroatoms. The first-order valence-electron chi connectivity index (χ1n) is 11.9. The van der Waals surface area contributed by atoms with Crippen LogP contribution >= 0.6 is 11.6 Å². The molecule has 0 radical (unpaired) electrons. The number of ether oxygens (including phenoxy) is 1. The molecule has 3 atom stereocenters. The van der Waals surface area contributed by atoms with Crippen LogP contribution in [0.15, 0.2) is 36.8 Å². The monoisotopic (exact) mass is 465 g/mol. The highest BCUT2D eigenvalue weighted by atomic mass is 35.5. The Morgan fingerprint density at radius 3 is 2.88 bits per heavy atom. The minimum Gasteiger partial charge on any atom is -0.381 e. The Labute approximate surface area is 197 Å². The molecule has 1 aliphatic carbocycles. The van der Waals surface area contributed by atoms with Crippen molar-refractivity contribution in [3.63, 3.8) is 0 Å². The molecular formula is C25H28ClN5O2. The number of nitrogens with one attached hydrogen (secondary N) is 2. The average Bonchev–Trinajstić information content (AvgIpc) is 3.57. The summed E-state index contributed by atoms with van der Waals surface area (Å²) in [5.41, 5.74) is 3.90. The van der Waals surface area contributed by atoms with Crippen molar-refractivity contribution in [1.29, 1.82) is 0 Å². The van der Waals surface area contributed by atoms with Crippen LogP contribution < -0.4 is 10.6 Å². The molecule has 3 aliphatic rings. The van der Waals surface area contributed by atoms with E-state index in [2.05, 4.69) is 31.2 Å². The van der Waals surface area contributed by atoms with Gasteiger partial charge >= 0.3 is 0 Å². The predicted molar refractivity (Wildman–Crippen MR) is 128 cm³/mol. The van der Waals surface area contributed by atoms with Crippen molar-refractivity contribution >= 4 is 34.4 Å². The summed E-state index contributed by atoms with van der Waals surface area (Å²) in [7, 11) is 0. The number of benzene rings is 1. The lowest BCUT2D eigenvalue weighted by Crippen LogP contribution is -2.39. The Morgan fingerprint density at radius 2 is 2.09 bits per heavy atom. The highest BCUT2D eigenvalue weighted by molar-refractivity contribution is 6.33. The van der Waals surface area contributed by atoms with E-state index < -0.39 is 0 Å². The minimum absolute atomic E-state index is 0.0144. The van der Waals surface area contributed by atoms with Gasteiger partial charge in [-0.2, -0.15) is 0 Å². The molecule has 3 unspecified atom stereocenters. The third kappa shape index (κ3) is 4.14. The van der Waals surface area contributed by atoms with Gasteiger partial charge < -0.3 is 19.9 Å². The fourth-order valence-corrected chi connectivity index (χ4v) is 5.88. The molecule has 3 aromatic rings. The maximum absolute atomic E-state index is 12.9. The van der Waals surface area contributed by atoms with Gasteiger partial charge in [-0.15, -0.1) is 0 Å². The van der Waals surface area contributed by atoms with Crippen LogP contribution in [0, 0.1) is 17.8 Å². The zero-order valence-corrected chi connectivity index (χ0v) is 19.2. The Balaban J connectivity index is 1.25. The number of piperidine rings is 1. The zero-order valence-electron chi connectivity index (χ0n) is 18.5. The van der Waals surface area contributed by atoms with Crippen molar-refractivity contribution < 1.29 is 9.53 Å². The smallest absolute Gasteiger partial charge is 0.230 e. The van der Waals surface area contributed by atoms with Crippen LogP contribution in [0.2, 0.25) is 5.02 Å². The van der Waals surface area contributed by atoms with Crippen molar-refractivity contribution in [3.8, 4) is 11.1 Å². The maximum atomic E-state index is 12.9. The van der Waals surface area contributed by atoms with Gasteiger partial charge in [0.15, 0.2) is 0 Å². The van der Waals surface area contributed by atoms with Crippen LogP contribution in [0.3, 0.4) is 0 Å². The highest BCUT2D eigenvalue weighted by Crippen LogP contribution is 2.37. The van der Waals surface area contributed by atoms with Crippen LogP contribution in [0.4, 0.5) is 5.82 Å². The third-order valence-electron chi connectivity index (χ3n) is 7.50. The highest BCUT2D eigenvalue weighted by Gasteiger charge is 2.43. The normalized spacial score (nSPS) is 25.1. The summed E-state index contributed by atoms with van der Waals surface area (Å²) >= 11 is 6.54. The van der Waals surface area contributed by atoms with Gasteiger partial charge in [0.25, 0.3) is 0 Å². The number of rotatable bonds is 5. The average molecular weight is 466 g/mol. The second-order valence-corrected chi connectivity index (χ2v) is 10.1. The van der Waals surface area contributed by atoms with Crippen LogP contribution in [0.1, 0.15) is 25.7 Å². The molecule has 2 aliphatic heterocycles. The first kappa shape index (κ1) is 21.1. The Hall–Kier alpha value is -2.48. The molecule has 3 fully saturated rings. The Morgan fingerprint density at radius 1 is 1.21 bits per heavy atom. The van der Waals surface area contributed by atoms with Crippen molar-refractivity contribution in [2.45, 2.75) is 38.3 Å². The molecule has 33 heavy (non-hydrogen) atoms. The van der Waals surface area contributed by atoms with Gasteiger partial charge in [-0.05, 0) is 67.8 Å². The van der Waals surface area contributed by atoms with Gasteiger partial charge in [0.1, 0.15) is 5.82 Å². The lowest BCUT2D eigenvalue weighted by Gasteiger charge is -2.22. The summed E-state index contributed by atoms with van der Waals surface area (Å²) in [5.74, 6) is 1.82. The number of anilines is 1. The van der Waals surface area contributed by atoms with E-state index in [1.807, 2.05) is 24.5 Å². The van der Waals surface area contributed by atoms with E-state index in [4.69, 9.17) is 16.3 Å². The van der Waals surface area contributed by atoms with Crippen molar-refractivity contribution in [2.75, 3.05) is 25.1 Å². The van der Waals surface area contributed by atoms with E-state index in [9.17, 15) is 4.79 Å². The van der Waals surface area contributed by atoms with Crippen LogP contribution in [0.25, 0.3) is 22.2 Å². The maximum Gasteiger partial charge on any atom is 0.230 e. The first-order chi connectivity index (χ1) is 16.1. The summed E-state index contributed by atoms with van der Waals surface area (Å²) in [5, 5.41) is 7.04. The van der Waals surface area contributed by atoms with Crippen LogP contribution in [0.5, 0.6) is 0 Å². The molecule has 4 heterocycles. The van der Waals surface area contributed by atoms with E-state index in [1.165, 1.54) is 0 Å². The lowest BCUT2D eigenvalue weighted by molar-refractivity contribution is -0.120. The number of carbonyl (C=O) groups excluding carboxylic acids is 1. The van der Waals surface area contributed by atoms with Gasteiger partial charge in [-0.3, -0.25) is 4.79 Å². The molecule has 2 aromatic heterocycles. The summed E-state index contributed by atoms with van der Waals surface area (Å²) in [4.78, 5) is 21.8. The molecule has 7 nitrogen and oxygen atoms in total. The van der Waals surface area contributed by atoms with Crippen LogP contribution in [-0.2, 0) is 16.1 Å². The molecule has 0 spiro atoms. The number of nitrogens with zero attached hydrogens (tertiary/aromatic N) is 3. The molecular weight excluding hydrogens is 438 g/mol. The van der Waals surface area contributed by atoms with E-state index in [-0.39, 0.29) is 11.8 Å². The second kappa shape index (κ2) is 8.70. The summed E-state index contributed by atoms with van der Waals surface area (Å²) in [6.45, 7) is 3.64. The second-order valence-electron chi connectivity index (χ2n) is 9.65. The van der Waals surface area contributed by atoms with E-state index in [0.717, 1.165) is 74.1 Å². The first-order valence-corrected chi connectivity index (χ1v) is 12.2. The molecule has 1 amide bonds. The van der Waals surface area contributed by atoms with Gasteiger partial charge in [-0.25, -0.2) is 9.97 Å². The topological polar surface area (TPSA) is 81.1 Å². The van der Waals surface area contributed by atoms with Crippen molar-refractivity contribution in [2.24, 2.45) is 17.8 Å². The SMILES string of the molecule is O=C(Nc1cc(-c2ccc3ncn(CC4CCOCC4)c3c2)c(Cl)cn1)C1CC2CNC1C2. The molecule has 2 saturated heterocycles. The fraction of sp³-hybridized carbons (Fsp3) is 0.480. The standard InChI is InChI=1S/C25H28ClN5O2/c26-20-12-28-24(30-25(32)19-7-16-8-22(19)27-11-16)10-18(20)17-1-2-21-23(9-17)31(14-29-21)13-15-3-5-33-6-4-15/h1-2,9-10,12,14-16,19,22,27H,3-8,11,13H2,(H,28,30,32). The fourth-order valence-electron chi connectivity index (χ4n) is 5.67. The number of hydrogen-bond acceptors (Lipinski definition) is 5. The van der Waals surface area contributed by atoms with Gasteiger partial charge in [-0.1, -0.05) is 17.7 Å². The number of imidazole rings is 1. The van der Waals surface area contributed by atoms with Crippen molar-refractivity contribution in [3.05, 3.63) is 41.8 Å². The molecule has 1 saturated carbocycles. The Bertz CT molecular complexity index is 1190. The quantitative estimate of drug-likeness (QED) is 0.592. The predicted octanol–water partition coefficient (Wildman–Crippen LogP) is 4.11. The summed E-state index contributed by atoms with van der Waals surface area (Å²) < 4.78 is 7.73. The van der Waals surface area contributed by atoms with E-state index in [1.54, 1.807) is 6.20 Å². The van der Waals surface area contributed by atoms with Crippen LogP contribution in [-0.4, -0.2) is 46.2 Å². The third-order valence-corrected chi connectivity index (χ3v) is 7.80. The minimum atomic E-state index is 0.0144. The molecule has 6 rings (SSSR count). The molecule has 2 bridgehead atoms. The number of fused-ring (bicyclic) bond motifs is 3. The van der Waals surface area contributed by atoms with E-state index in [0.29, 0.717) is 28.7 Å². The number of halogens is 1. The molecule has 1 aromatic carbocycles. The number of aromatic nitrogens is 3. The van der Waals surface area contributed by atoms with Gasteiger partial charge in [0.05, 0.1) is 28.3 Å². The lowest BCUT2D eigenvalue weighted by atomic mass is 9.99. The summed E-state index contributed by atoms with van der Waals surface area (Å²) in [6, 6.07) is 8.36. The zero-order chi connectivity index (χ0) is 22.4. The molecule has 2 N–H and O–H groups in total. The summed E-state index contributed by atoms with van der Waals surface area (Å²) in [6.07, 6.45) is 7.76. The number of amides is 1. The van der Waals surface area contributed by atoms with Gasteiger partial charge in [0.2, 0.25) is 5.91 Å². The Kier molecular flexibility index (Phi) is 5.56. The van der Waals surface area contributed by atoms with Gasteiger partial charge in [0, 0.05) is 37.6 Å². The van der Waals surface area contributed by atoms with Crippen molar-refractivity contribution in [1.82, 2.24) is 19.9 Å². The van der Waals surface area contributed by atoms with E-state index >= 15 is 0 Å². The largest absolute Gasteiger partial charge is 0.381 e. The number of pyridine rings is 1. The number of carbonyl (C=O) groups is 1. The number of hydrogen-bond donors (Lipinski definition) is 2.